The van der Waals surface area contributed by atoms with Gasteiger partial charge >= 0.3 is 19.5 Å². The zero-order chi connectivity index (χ0) is 11.2. The van der Waals surface area contributed by atoms with Crippen LogP contribution in [0.4, 0.5) is 0 Å². The number of carbonyl (C=O) groups is 1. The largest absolute Gasteiger partial charge is 2.00 e. The summed E-state index contributed by atoms with van der Waals surface area (Å²) in [5.41, 5.74) is 0.391. The smallest absolute Gasteiger partial charge is 0.550 e. The van der Waals surface area contributed by atoms with Gasteiger partial charge in [0, 0.05) is 11.4 Å². The molecule has 3 nitrogen and oxygen atoms in total. The maximum Gasteiger partial charge on any atom is 2.00 e. The van der Waals surface area contributed by atoms with Crippen molar-refractivity contribution in [1.29, 1.82) is 0 Å². The Kier molecular flexibility index (Phi) is 8.36. The number of hydrogen-bond acceptors (Lipinski definition) is 3. The van der Waals surface area contributed by atoms with E-state index in [0.717, 1.165) is 5.56 Å². The summed E-state index contributed by atoms with van der Waals surface area (Å²) in [5.74, 6) is -1.01. The number of aliphatic carboxylic acids is 1. The van der Waals surface area contributed by atoms with Crippen molar-refractivity contribution in [2.24, 2.45) is 5.41 Å². The van der Waals surface area contributed by atoms with Crippen LogP contribution < -0.4 is 5.11 Å². The van der Waals surface area contributed by atoms with Crippen molar-refractivity contribution in [2.45, 2.75) is 27.7 Å². The number of nitrogens with zero attached hydrogens (tertiary/aromatic N) is 1. The first-order valence-electron chi connectivity index (χ1n) is 4.35. The minimum atomic E-state index is -1.01. The number of pyridine rings is 1. The molecule has 0 saturated carbocycles. The Bertz CT molecular complexity index is 280. The number of aryl methyl sites for hydroxylation is 1. The Morgan fingerprint density at radius 3 is 2.07 bits per heavy atom. The van der Waals surface area contributed by atoms with Crippen molar-refractivity contribution in [3.8, 4) is 0 Å². The molecule has 4 heteroatoms. The molecule has 0 atom stereocenters. The summed E-state index contributed by atoms with van der Waals surface area (Å²) in [5, 5.41) is 9.91. The molecular weight excluding hydrogens is 244 g/mol. The van der Waals surface area contributed by atoms with Gasteiger partial charge in [-0.05, 0) is 0 Å². The van der Waals surface area contributed by atoms with Crippen LogP contribution in [-0.2, 0) is 24.3 Å². The monoisotopic (exact) mass is 257 g/mol. The molecule has 0 bridgehead atoms. The molecule has 0 aliphatic heterocycles. The summed E-state index contributed by atoms with van der Waals surface area (Å²) in [4.78, 5) is 13.7. The molecule has 78 valence electrons. The molecule has 1 rings (SSSR count). The van der Waals surface area contributed by atoms with E-state index in [4.69, 9.17) is 0 Å². The zero-order valence-electron chi connectivity index (χ0n) is 9.70. The van der Waals surface area contributed by atoms with Crippen molar-refractivity contribution in [2.75, 3.05) is 0 Å². The fraction of sp³-hybridized carbons (Fsp3) is 0.455. The maximum absolute atomic E-state index is 9.91. The van der Waals surface area contributed by atoms with Gasteiger partial charge in [0.15, 0.2) is 0 Å². The summed E-state index contributed by atoms with van der Waals surface area (Å²) in [6.45, 7) is 6.76. The molecule has 0 aliphatic carbocycles. The van der Waals surface area contributed by atoms with Gasteiger partial charge < -0.3 is 14.9 Å². The Labute approximate surface area is 104 Å². The standard InChI is InChI=1S/C6H6N.C5H10O2.Zn/c1-6-3-2-4-7-5-6;1-5(2,3)4(6)7;/h2-4H,1H3;1-3H3,(H,6,7);/q-1;;+2/p-1. The van der Waals surface area contributed by atoms with Crippen molar-refractivity contribution >= 4 is 5.97 Å². The molecule has 0 spiro atoms. The molecule has 0 amide bonds. The molecule has 15 heavy (non-hydrogen) atoms. The SMILES string of the molecule is CC(C)(C)C(=O)[O-].Cc1[c-]nccc1.[Zn+2]. The minimum Gasteiger partial charge on any atom is -0.550 e. The average Bonchev–Trinajstić information content (AvgIpc) is 2.04. The number of hydrogen-bond donors (Lipinski definition) is 0. The summed E-state index contributed by atoms with van der Waals surface area (Å²) in [6, 6.07) is 3.86. The fourth-order valence-electron chi connectivity index (χ4n) is 0.407. The first-order valence-corrected chi connectivity index (χ1v) is 4.35. The molecule has 0 aliphatic rings. The van der Waals surface area contributed by atoms with Crippen LogP contribution in [0.2, 0.25) is 0 Å². The number of rotatable bonds is 0. The Morgan fingerprint density at radius 2 is 1.93 bits per heavy atom. The van der Waals surface area contributed by atoms with Gasteiger partial charge in [-0.2, -0.15) is 12.1 Å². The predicted octanol–water partition coefficient (Wildman–Crippen LogP) is 0.970. The van der Waals surface area contributed by atoms with Crippen LogP contribution in [0.5, 0.6) is 0 Å². The molecular formula is C11H15NO2Zn. The summed E-state index contributed by atoms with van der Waals surface area (Å²) < 4.78 is 0. The van der Waals surface area contributed by atoms with Crippen LogP contribution in [0.25, 0.3) is 0 Å². The number of carboxylic acids is 1. The van der Waals surface area contributed by atoms with Crippen LogP contribution in [0.3, 0.4) is 0 Å². The zero-order valence-corrected chi connectivity index (χ0v) is 12.7. The van der Waals surface area contributed by atoms with Crippen LogP contribution in [-0.4, -0.2) is 11.0 Å². The summed E-state index contributed by atoms with van der Waals surface area (Å²) >= 11 is 0. The van der Waals surface area contributed by atoms with Gasteiger partial charge in [-0.15, -0.1) is 5.56 Å². The Balaban J connectivity index is 0. The first-order chi connectivity index (χ1) is 6.34. The van der Waals surface area contributed by atoms with Gasteiger partial charge in [0.1, 0.15) is 0 Å². The van der Waals surface area contributed by atoms with Crippen LogP contribution in [0, 0.1) is 18.5 Å². The molecule has 1 aromatic rings. The minimum absolute atomic E-state index is 0. The average molecular weight is 259 g/mol. The molecule has 0 fully saturated rings. The topological polar surface area (TPSA) is 53.0 Å². The Morgan fingerprint density at radius 1 is 1.47 bits per heavy atom. The van der Waals surface area contributed by atoms with E-state index in [1.165, 1.54) is 0 Å². The number of aromatic nitrogens is 1. The summed E-state index contributed by atoms with van der Waals surface area (Å²) in [7, 11) is 0. The predicted molar refractivity (Wildman–Crippen MR) is 52.3 cm³/mol. The second-order valence-electron chi connectivity index (χ2n) is 3.97. The third-order valence-electron chi connectivity index (χ3n) is 1.36. The van der Waals surface area contributed by atoms with E-state index >= 15 is 0 Å². The van der Waals surface area contributed by atoms with Crippen molar-refractivity contribution < 1.29 is 29.4 Å². The van der Waals surface area contributed by atoms with E-state index in [2.05, 4.69) is 11.2 Å². The number of carboxylic acid groups (broad SMARTS) is 1. The molecule has 1 aromatic heterocycles. The second-order valence-corrected chi connectivity index (χ2v) is 3.97. The van der Waals surface area contributed by atoms with E-state index in [-0.39, 0.29) is 19.5 Å². The Hall–Kier alpha value is -0.757. The molecule has 1 heterocycles. The van der Waals surface area contributed by atoms with Gasteiger partial charge in [0.25, 0.3) is 0 Å². The fourth-order valence-corrected chi connectivity index (χ4v) is 0.407. The second kappa shape index (κ2) is 7.52. The van der Waals surface area contributed by atoms with E-state index in [1.807, 2.05) is 19.1 Å². The first kappa shape index (κ1) is 16.7. The van der Waals surface area contributed by atoms with Crippen molar-refractivity contribution in [3.05, 3.63) is 30.1 Å². The third kappa shape index (κ3) is 9.55. The molecule has 0 radical (unpaired) electrons. The van der Waals surface area contributed by atoms with E-state index < -0.39 is 11.4 Å². The van der Waals surface area contributed by atoms with Crippen LogP contribution in [0.1, 0.15) is 26.3 Å². The molecule has 0 aromatic carbocycles. The van der Waals surface area contributed by atoms with Gasteiger partial charge in [-0.1, -0.05) is 40.1 Å². The van der Waals surface area contributed by atoms with Crippen molar-refractivity contribution in [1.82, 2.24) is 4.98 Å². The van der Waals surface area contributed by atoms with Crippen molar-refractivity contribution in [3.63, 3.8) is 0 Å². The van der Waals surface area contributed by atoms with Gasteiger partial charge in [-0.25, -0.2) is 0 Å². The van der Waals surface area contributed by atoms with Crippen LogP contribution in [0.15, 0.2) is 18.3 Å². The van der Waals surface area contributed by atoms with Gasteiger partial charge in [0.05, 0.1) is 0 Å². The molecule has 0 N–H and O–H groups in total. The number of carbonyl (C=O) groups excluding carboxylic acids is 1. The summed E-state index contributed by atoms with van der Waals surface area (Å²) in [6.07, 6.45) is 4.50. The molecule has 0 unspecified atom stereocenters. The maximum atomic E-state index is 9.91. The third-order valence-corrected chi connectivity index (χ3v) is 1.36. The quantitative estimate of drug-likeness (QED) is 0.515. The van der Waals surface area contributed by atoms with Gasteiger partial charge in [-0.3, -0.25) is 0 Å². The van der Waals surface area contributed by atoms with Crippen LogP contribution >= 0.6 is 0 Å². The van der Waals surface area contributed by atoms with E-state index in [0.29, 0.717) is 0 Å². The van der Waals surface area contributed by atoms with Gasteiger partial charge in [0.2, 0.25) is 0 Å². The van der Waals surface area contributed by atoms with E-state index in [1.54, 1.807) is 27.0 Å². The molecule has 0 saturated heterocycles. The van der Waals surface area contributed by atoms with E-state index in [9.17, 15) is 9.90 Å². The normalized spacial score (nSPS) is 9.33.